The van der Waals surface area contributed by atoms with Crippen LogP contribution in [0.2, 0.25) is 0 Å². The zero-order valence-corrected chi connectivity index (χ0v) is 14.5. The first-order chi connectivity index (χ1) is 12.2. The third kappa shape index (κ3) is 3.14. The molecule has 1 aliphatic rings. The summed E-state index contributed by atoms with van der Waals surface area (Å²) in [5, 5.41) is 0. The van der Waals surface area contributed by atoms with Crippen LogP contribution in [0.25, 0.3) is 22.6 Å². The molecule has 1 amide bonds. The number of nitrogens with zero attached hydrogens (tertiary/aromatic N) is 4. The maximum atomic E-state index is 12.8. The van der Waals surface area contributed by atoms with Crippen molar-refractivity contribution in [3.63, 3.8) is 0 Å². The number of carbonyl (C=O) groups is 1. The summed E-state index contributed by atoms with van der Waals surface area (Å²) >= 11 is 0. The fourth-order valence-corrected chi connectivity index (χ4v) is 3.41. The molecule has 0 N–H and O–H groups in total. The monoisotopic (exact) mass is 334 g/mol. The van der Waals surface area contributed by atoms with E-state index in [1.54, 1.807) is 0 Å². The standard InChI is InChI=1S/C20H22N4O/c1-15-9-10-17(21-13-15)20-22-16-7-3-4-8-18(16)24(20)14-19(25)23-11-5-2-6-12-23/h3-4,7-10,13H,2,5-6,11-12,14H2,1H3. The largest absolute Gasteiger partial charge is 0.341 e. The van der Waals surface area contributed by atoms with Crippen molar-refractivity contribution in [2.24, 2.45) is 0 Å². The van der Waals surface area contributed by atoms with Crippen molar-refractivity contribution < 1.29 is 4.79 Å². The molecule has 1 aliphatic heterocycles. The molecule has 0 saturated carbocycles. The Balaban J connectivity index is 1.74. The Kier molecular flexibility index (Phi) is 4.22. The number of benzene rings is 1. The third-order valence-corrected chi connectivity index (χ3v) is 4.80. The molecular weight excluding hydrogens is 312 g/mol. The Morgan fingerprint density at radius 1 is 1.08 bits per heavy atom. The van der Waals surface area contributed by atoms with E-state index >= 15 is 0 Å². The Labute approximate surface area is 147 Å². The van der Waals surface area contributed by atoms with Gasteiger partial charge in [0.2, 0.25) is 5.91 Å². The number of hydrogen-bond donors (Lipinski definition) is 0. The molecule has 2 aromatic heterocycles. The molecule has 5 heteroatoms. The molecule has 5 nitrogen and oxygen atoms in total. The quantitative estimate of drug-likeness (QED) is 0.737. The van der Waals surface area contributed by atoms with Crippen LogP contribution in [0.5, 0.6) is 0 Å². The number of likely N-dealkylation sites (tertiary alicyclic amines) is 1. The van der Waals surface area contributed by atoms with Crippen LogP contribution in [0.3, 0.4) is 0 Å². The Morgan fingerprint density at radius 3 is 2.64 bits per heavy atom. The van der Waals surface area contributed by atoms with Crippen molar-refractivity contribution in [3.8, 4) is 11.5 Å². The number of aromatic nitrogens is 3. The van der Waals surface area contributed by atoms with E-state index in [2.05, 4.69) is 4.98 Å². The van der Waals surface area contributed by atoms with Crippen LogP contribution in [0, 0.1) is 6.92 Å². The second-order valence-electron chi connectivity index (χ2n) is 6.67. The first-order valence-electron chi connectivity index (χ1n) is 8.88. The van der Waals surface area contributed by atoms with E-state index in [0.29, 0.717) is 6.54 Å². The minimum Gasteiger partial charge on any atom is -0.341 e. The Hall–Kier alpha value is -2.69. The highest BCUT2D eigenvalue weighted by atomic mass is 16.2. The molecule has 128 valence electrons. The summed E-state index contributed by atoms with van der Waals surface area (Å²) < 4.78 is 2.00. The topological polar surface area (TPSA) is 51.0 Å². The lowest BCUT2D eigenvalue weighted by atomic mass is 10.1. The summed E-state index contributed by atoms with van der Waals surface area (Å²) in [4.78, 5) is 24.0. The number of piperidine rings is 1. The second kappa shape index (κ2) is 6.67. The van der Waals surface area contributed by atoms with E-state index in [4.69, 9.17) is 4.98 Å². The third-order valence-electron chi connectivity index (χ3n) is 4.80. The fourth-order valence-electron chi connectivity index (χ4n) is 3.41. The average Bonchev–Trinajstić information content (AvgIpc) is 3.02. The van der Waals surface area contributed by atoms with Gasteiger partial charge >= 0.3 is 0 Å². The van der Waals surface area contributed by atoms with Crippen molar-refractivity contribution in [2.75, 3.05) is 13.1 Å². The first kappa shape index (κ1) is 15.8. The molecule has 1 fully saturated rings. The zero-order chi connectivity index (χ0) is 17.2. The maximum Gasteiger partial charge on any atom is 0.242 e. The van der Waals surface area contributed by atoms with Gasteiger partial charge in [-0.1, -0.05) is 18.2 Å². The van der Waals surface area contributed by atoms with Crippen LogP contribution in [-0.4, -0.2) is 38.4 Å². The van der Waals surface area contributed by atoms with E-state index in [1.807, 2.05) is 59.0 Å². The SMILES string of the molecule is Cc1ccc(-c2nc3ccccc3n2CC(=O)N2CCCCC2)nc1. The Bertz CT molecular complexity index is 892. The van der Waals surface area contributed by atoms with Gasteiger partial charge in [-0.15, -0.1) is 0 Å². The summed E-state index contributed by atoms with van der Waals surface area (Å²) in [6.07, 6.45) is 5.26. The van der Waals surface area contributed by atoms with Crippen molar-refractivity contribution in [3.05, 3.63) is 48.2 Å². The molecule has 0 aliphatic carbocycles. The number of imidazole rings is 1. The van der Waals surface area contributed by atoms with Crippen molar-refractivity contribution in [2.45, 2.75) is 32.7 Å². The number of fused-ring (bicyclic) bond motifs is 1. The van der Waals surface area contributed by atoms with Crippen LogP contribution in [0.4, 0.5) is 0 Å². The Morgan fingerprint density at radius 2 is 1.88 bits per heavy atom. The molecule has 1 aromatic carbocycles. The van der Waals surface area contributed by atoms with Gasteiger partial charge in [0.25, 0.3) is 0 Å². The maximum absolute atomic E-state index is 12.8. The summed E-state index contributed by atoms with van der Waals surface area (Å²) in [5.74, 6) is 0.919. The number of para-hydroxylation sites is 2. The predicted molar refractivity (Wildman–Crippen MR) is 98.1 cm³/mol. The molecule has 0 spiro atoms. The van der Waals surface area contributed by atoms with Crippen LogP contribution >= 0.6 is 0 Å². The van der Waals surface area contributed by atoms with Crippen LogP contribution in [-0.2, 0) is 11.3 Å². The number of carbonyl (C=O) groups excluding carboxylic acids is 1. The van der Waals surface area contributed by atoms with Crippen molar-refractivity contribution in [1.82, 2.24) is 19.4 Å². The van der Waals surface area contributed by atoms with Gasteiger partial charge in [-0.3, -0.25) is 9.78 Å². The summed E-state index contributed by atoms with van der Waals surface area (Å²) in [6.45, 7) is 4.05. The normalized spacial score (nSPS) is 14.8. The number of pyridine rings is 1. The highest BCUT2D eigenvalue weighted by Crippen LogP contribution is 2.24. The van der Waals surface area contributed by atoms with Gasteiger partial charge in [-0.25, -0.2) is 4.98 Å². The molecule has 4 rings (SSSR count). The minimum atomic E-state index is 0.163. The smallest absolute Gasteiger partial charge is 0.242 e. The van der Waals surface area contributed by atoms with Gasteiger partial charge in [0.15, 0.2) is 5.82 Å². The van der Waals surface area contributed by atoms with Crippen LogP contribution in [0.15, 0.2) is 42.6 Å². The fraction of sp³-hybridized carbons (Fsp3) is 0.350. The molecule has 0 bridgehead atoms. The highest BCUT2D eigenvalue weighted by molar-refractivity contribution is 5.84. The summed E-state index contributed by atoms with van der Waals surface area (Å²) in [6, 6.07) is 12.0. The predicted octanol–water partition coefficient (Wildman–Crippen LogP) is 3.42. The lowest BCUT2D eigenvalue weighted by Crippen LogP contribution is -2.37. The highest BCUT2D eigenvalue weighted by Gasteiger charge is 2.20. The summed E-state index contributed by atoms with van der Waals surface area (Å²) in [7, 11) is 0. The lowest BCUT2D eigenvalue weighted by molar-refractivity contribution is -0.132. The molecule has 3 heterocycles. The number of amides is 1. The molecule has 1 saturated heterocycles. The number of rotatable bonds is 3. The molecule has 0 unspecified atom stereocenters. The summed E-state index contributed by atoms with van der Waals surface area (Å²) in [5.41, 5.74) is 3.78. The van der Waals surface area contributed by atoms with Gasteiger partial charge in [-0.2, -0.15) is 0 Å². The molecule has 25 heavy (non-hydrogen) atoms. The van der Waals surface area contributed by atoms with E-state index in [9.17, 15) is 4.79 Å². The molecule has 0 atom stereocenters. The first-order valence-corrected chi connectivity index (χ1v) is 8.88. The van der Waals surface area contributed by atoms with Crippen molar-refractivity contribution >= 4 is 16.9 Å². The van der Waals surface area contributed by atoms with Gasteiger partial charge in [-0.05, 0) is 49.9 Å². The van der Waals surface area contributed by atoms with Gasteiger partial charge in [0.05, 0.1) is 11.0 Å². The molecule has 3 aromatic rings. The van der Waals surface area contributed by atoms with Gasteiger partial charge < -0.3 is 9.47 Å². The van der Waals surface area contributed by atoms with Crippen LogP contribution < -0.4 is 0 Å². The number of aryl methyl sites for hydroxylation is 1. The molecular formula is C20H22N4O. The van der Waals surface area contributed by atoms with Crippen LogP contribution in [0.1, 0.15) is 24.8 Å². The lowest BCUT2D eigenvalue weighted by Gasteiger charge is -2.27. The zero-order valence-electron chi connectivity index (χ0n) is 14.5. The van der Waals surface area contributed by atoms with E-state index in [-0.39, 0.29) is 5.91 Å². The van der Waals surface area contributed by atoms with Crippen molar-refractivity contribution in [1.29, 1.82) is 0 Å². The molecule has 0 radical (unpaired) electrons. The number of hydrogen-bond acceptors (Lipinski definition) is 3. The van der Waals surface area contributed by atoms with E-state index < -0.39 is 0 Å². The van der Waals surface area contributed by atoms with E-state index in [1.165, 1.54) is 6.42 Å². The van der Waals surface area contributed by atoms with Gasteiger partial charge in [0.1, 0.15) is 12.2 Å². The van der Waals surface area contributed by atoms with E-state index in [0.717, 1.165) is 54.0 Å². The minimum absolute atomic E-state index is 0.163. The average molecular weight is 334 g/mol. The second-order valence-corrected chi connectivity index (χ2v) is 6.67. The van der Waals surface area contributed by atoms with Gasteiger partial charge in [0, 0.05) is 19.3 Å².